The monoisotopic (exact) mass is 338 g/mol. The Hall–Kier alpha value is -2.46. The normalized spacial score (nSPS) is 33.3. The summed E-state index contributed by atoms with van der Waals surface area (Å²) in [7, 11) is 0. The number of rotatable bonds is 6. The molecule has 0 saturated carbocycles. The molecule has 0 radical (unpaired) electrons. The van der Waals surface area contributed by atoms with Gasteiger partial charge in [0.1, 0.15) is 0 Å². The Kier molecular flexibility index (Phi) is 5.75. The number of hydrogen-bond donors (Lipinski definition) is 0. The summed E-state index contributed by atoms with van der Waals surface area (Å²) in [6, 6.07) is 0. The highest BCUT2D eigenvalue weighted by Gasteiger charge is 2.52. The predicted molar refractivity (Wildman–Crippen MR) is 96.7 cm³/mol. The zero-order valence-corrected chi connectivity index (χ0v) is 15.3. The fourth-order valence-electron chi connectivity index (χ4n) is 4.16. The van der Waals surface area contributed by atoms with Crippen molar-refractivity contribution < 1.29 is 9.47 Å². The standard InChI is InChI=1S/C21H26N2O2/c1-16(2)18-9-5-7-11-20(18,24-14-22)13-21(25-15-23)12-8-6-10-19(21)17(3)4/h5-12,16-19H,13H2,1-4H3. The first-order chi connectivity index (χ1) is 11.9. The van der Waals surface area contributed by atoms with E-state index in [1.54, 1.807) is 0 Å². The van der Waals surface area contributed by atoms with Crippen molar-refractivity contribution in [1.29, 1.82) is 10.5 Å². The molecule has 4 unspecified atom stereocenters. The van der Waals surface area contributed by atoms with Crippen LogP contribution in [0, 0.1) is 46.7 Å². The van der Waals surface area contributed by atoms with E-state index in [1.165, 1.54) is 0 Å². The Morgan fingerprint density at radius 1 is 0.800 bits per heavy atom. The van der Waals surface area contributed by atoms with Crippen molar-refractivity contribution in [1.82, 2.24) is 0 Å². The maximum absolute atomic E-state index is 9.33. The average molecular weight is 338 g/mol. The van der Waals surface area contributed by atoms with E-state index in [1.807, 2.05) is 49.0 Å². The maximum atomic E-state index is 9.33. The minimum Gasteiger partial charge on any atom is -0.416 e. The van der Waals surface area contributed by atoms with Gasteiger partial charge in [0, 0.05) is 18.3 Å². The van der Waals surface area contributed by atoms with Gasteiger partial charge in [-0.1, -0.05) is 64.2 Å². The Balaban J connectivity index is 2.51. The molecule has 0 spiro atoms. The fourth-order valence-corrected chi connectivity index (χ4v) is 4.16. The van der Waals surface area contributed by atoms with Gasteiger partial charge in [0.25, 0.3) is 12.5 Å². The lowest BCUT2D eigenvalue weighted by Gasteiger charge is -2.46. The van der Waals surface area contributed by atoms with Crippen LogP contribution < -0.4 is 0 Å². The summed E-state index contributed by atoms with van der Waals surface area (Å²) < 4.78 is 11.3. The van der Waals surface area contributed by atoms with E-state index < -0.39 is 11.2 Å². The molecule has 0 aliphatic heterocycles. The second kappa shape index (κ2) is 7.62. The minimum absolute atomic E-state index is 0.0171. The number of allylic oxidation sites excluding steroid dienone is 4. The van der Waals surface area contributed by atoms with Crippen LogP contribution in [0.3, 0.4) is 0 Å². The Morgan fingerprint density at radius 3 is 1.52 bits per heavy atom. The first-order valence-electron chi connectivity index (χ1n) is 8.77. The van der Waals surface area contributed by atoms with Gasteiger partial charge >= 0.3 is 0 Å². The second-order valence-electron chi connectivity index (χ2n) is 7.50. The van der Waals surface area contributed by atoms with Gasteiger partial charge < -0.3 is 9.47 Å². The number of nitrogens with zero attached hydrogens (tertiary/aromatic N) is 2. The van der Waals surface area contributed by atoms with Crippen LogP contribution in [0.25, 0.3) is 0 Å². The topological polar surface area (TPSA) is 66.0 Å². The second-order valence-corrected chi connectivity index (χ2v) is 7.50. The summed E-state index contributed by atoms with van der Waals surface area (Å²) in [5.41, 5.74) is -1.67. The Morgan fingerprint density at radius 2 is 1.20 bits per heavy atom. The van der Waals surface area contributed by atoms with Gasteiger partial charge in [-0.25, -0.2) is 0 Å². The lowest BCUT2D eigenvalue weighted by atomic mass is 9.65. The summed E-state index contributed by atoms with van der Waals surface area (Å²) in [6.45, 7) is 8.44. The molecule has 25 heavy (non-hydrogen) atoms. The highest BCUT2D eigenvalue weighted by molar-refractivity contribution is 5.30. The molecular weight excluding hydrogens is 312 g/mol. The van der Waals surface area contributed by atoms with E-state index in [0.29, 0.717) is 6.42 Å². The van der Waals surface area contributed by atoms with Gasteiger partial charge in [0.2, 0.25) is 0 Å². The van der Waals surface area contributed by atoms with Crippen LogP contribution in [0.1, 0.15) is 34.1 Å². The summed E-state index contributed by atoms with van der Waals surface area (Å²) in [5, 5.41) is 18.7. The van der Waals surface area contributed by atoms with Gasteiger partial charge in [0.15, 0.2) is 11.2 Å². The molecule has 2 rings (SSSR count). The molecule has 132 valence electrons. The average Bonchev–Trinajstić information content (AvgIpc) is 2.55. The molecule has 0 amide bonds. The predicted octanol–water partition coefficient (Wildman–Crippen LogP) is 4.65. The van der Waals surface area contributed by atoms with Crippen molar-refractivity contribution in [3.8, 4) is 12.5 Å². The molecule has 0 aromatic heterocycles. The molecular formula is C21H26N2O2. The maximum Gasteiger partial charge on any atom is 0.287 e. The van der Waals surface area contributed by atoms with Crippen LogP contribution in [-0.2, 0) is 9.47 Å². The highest BCUT2D eigenvalue weighted by atomic mass is 16.5. The van der Waals surface area contributed by atoms with E-state index in [2.05, 4.69) is 39.8 Å². The molecule has 0 aromatic rings. The van der Waals surface area contributed by atoms with Crippen LogP contribution in [-0.4, -0.2) is 11.2 Å². The van der Waals surface area contributed by atoms with Crippen LogP contribution >= 0.6 is 0 Å². The van der Waals surface area contributed by atoms with Crippen LogP contribution in [0.15, 0.2) is 48.6 Å². The summed E-state index contributed by atoms with van der Waals surface area (Å²) >= 11 is 0. The molecule has 4 atom stereocenters. The lowest BCUT2D eigenvalue weighted by molar-refractivity contribution is -0.0709. The van der Waals surface area contributed by atoms with Crippen molar-refractivity contribution in [3.63, 3.8) is 0 Å². The van der Waals surface area contributed by atoms with E-state index >= 15 is 0 Å². The van der Waals surface area contributed by atoms with E-state index in [0.717, 1.165) is 0 Å². The molecule has 0 N–H and O–H groups in total. The fraction of sp³-hybridized carbons (Fsp3) is 0.524. The van der Waals surface area contributed by atoms with Crippen LogP contribution in [0.2, 0.25) is 0 Å². The third-order valence-electron chi connectivity index (χ3n) is 5.20. The number of hydrogen-bond acceptors (Lipinski definition) is 4. The molecule has 0 heterocycles. The molecule has 4 nitrogen and oxygen atoms in total. The smallest absolute Gasteiger partial charge is 0.287 e. The van der Waals surface area contributed by atoms with Crippen LogP contribution in [0.5, 0.6) is 0 Å². The molecule has 4 heteroatoms. The highest BCUT2D eigenvalue weighted by Crippen LogP contribution is 2.46. The molecule has 2 aliphatic rings. The Bertz CT molecular complexity index is 617. The van der Waals surface area contributed by atoms with Gasteiger partial charge in [0.05, 0.1) is 0 Å². The van der Waals surface area contributed by atoms with E-state index in [4.69, 9.17) is 9.47 Å². The molecule has 0 bridgehead atoms. The largest absolute Gasteiger partial charge is 0.416 e. The summed E-state index contributed by atoms with van der Waals surface area (Å²) in [5.74, 6) is 0.579. The first-order valence-corrected chi connectivity index (χ1v) is 8.77. The van der Waals surface area contributed by atoms with Gasteiger partial charge in [-0.05, 0) is 24.0 Å². The van der Waals surface area contributed by atoms with Crippen molar-refractivity contribution in [2.75, 3.05) is 0 Å². The van der Waals surface area contributed by atoms with Gasteiger partial charge in [-0.3, -0.25) is 0 Å². The third kappa shape index (κ3) is 3.64. The third-order valence-corrected chi connectivity index (χ3v) is 5.20. The molecule has 0 fully saturated rings. The van der Waals surface area contributed by atoms with Gasteiger partial charge in [-0.2, -0.15) is 10.5 Å². The summed E-state index contributed by atoms with van der Waals surface area (Å²) in [6.07, 6.45) is 20.0. The van der Waals surface area contributed by atoms with E-state index in [9.17, 15) is 10.5 Å². The van der Waals surface area contributed by atoms with Crippen molar-refractivity contribution in [2.24, 2.45) is 23.7 Å². The zero-order valence-electron chi connectivity index (χ0n) is 15.3. The SMILES string of the molecule is CC(C)C1C=CC=CC1(CC1(OC#N)C=CC=CC1C(C)C)OC#N. The first kappa shape index (κ1) is 18.9. The quantitative estimate of drug-likeness (QED) is 0.661. The number of ether oxygens (including phenoxy) is 2. The van der Waals surface area contributed by atoms with Crippen molar-refractivity contribution in [2.45, 2.75) is 45.3 Å². The molecule has 2 aliphatic carbocycles. The van der Waals surface area contributed by atoms with Crippen molar-refractivity contribution in [3.05, 3.63) is 48.6 Å². The Labute approximate surface area is 150 Å². The van der Waals surface area contributed by atoms with Gasteiger partial charge in [-0.15, -0.1) is 0 Å². The number of nitriles is 2. The van der Waals surface area contributed by atoms with Crippen LogP contribution in [0.4, 0.5) is 0 Å². The van der Waals surface area contributed by atoms with Crippen molar-refractivity contribution >= 4 is 0 Å². The lowest BCUT2D eigenvalue weighted by Crippen LogP contribution is -2.52. The molecule has 0 aromatic carbocycles. The zero-order chi connectivity index (χ0) is 18.5. The summed E-state index contributed by atoms with van der Waals surface area (Å²) in [4.78, 5) is 0. The molecule has 0 saturated heterocycles. The minimum atomic E-state index is -0.836. The van der Waals surface area contributed by atoms with E-state index in [-0.39, 0.29) is 23.7 Å².